The highest BCUT2D eigenvalue weighted by atomic mass is 32.2. The molecule has 3 aromatic carbocycles. The zero-order valence-electron chi connectivity index (χ0n) is 18.1. The molecule has 33 heavy (non-hydrogen) atoms. The third kappa shape index (κ3) is 3.64. The van der Waals surface area contributed by atoms with Crippen molar-refractivity contribution in [1.82, 2.24) is 14.6 Å². The SMILES string of the molecule is Cc1ccc(/C=N\n2c(N)c(S(=O)(=O)c3ccc(C)cc3)c3nc4ccccc4nc32)cc1. The summed E-state index contributed by atoms with van der Waals surface area (Å²) >= 11 is 0. The topological polar surface area (TPSA) is 103 Å². The van der Waals surface area contributed by atoms with Gasteiger partial charge in [0.25, 0.3) is 0 Å². The average Bonchev–Trinajstić information content (AvgIpc) is 3.08. The minimum Gasteiger partial charge on any atom is -0.382 e. The Morgan fingerprint density at radius 2 is 1.42 bits per heavy atom. The van der Waals surface area contributed by atoms with Crippen molar-refractivity contribution in [3.8, 4) is 0 Å². The van der Waals surface area contributed by atoms with E-state index in [0.717, 1.165) is 16.7 Å². The maximum atomic E-state index is 13.6. The average molecular weight is 456 g/mol. The van der Waals surface area contributed by atoms with E-state index in [0.29, 0.717) is 11.0 Å². The quantitative estimate of drug-likeness (QED) is 0.402. The molecule has 0 saturated heterocycles. The van der Waals surface area contributed by atoms with E-state index in [2.05, 4.69) is 15.1 Å². The molecule has 8 heteroatoms. The number of aryl methyl sites for hydroxylation is 2. The zero-order valence-corrected chi connectivity index (χ0v) is 18.9. The van der Waals surface area contributed by atoms with Gasteiger partial charge in [0.2, 0.25) is 9.84 Å². The van der Waals surface area contributed by atoms with Crippen LogP contribution in [0.1, 0.15) is 16.7 Å². The molecule has 0 aliphatic rings. The predicted molar refractivity (Wildman–Crippen MR) is 130 cm³/mol. The number of fused-ring (bicyclic) bond motifs is 2. The maximum absolute atomic E-state index is 13.6. The lowest BCUT2D eigenvalue weighted by molar-refractivity contribution is 0.597. The monoisotopic (exact) mass is 455 g/mol. The van der Waals surface area contributed by atoms with Crippen molar-refractivity contribution in [2.75, 3.05) is 5.73 Å². The number of nitrogens with two attached hydrogens (primary N) is 1. The molecule has 5 aromatic rings. The minimum atomic E-state index is -3.97. The van der Waals surface area contributed by atoms with Crippen molar-refractivity contribution in [2.45, 2.75) is 23.6 Å². The Hall–Kier alpha value is -4.04. The molecule has 5 rings (SSSR count). The van der Waals surface area contributed by atoms with Crippen LogP contribution >= 0.6 is 0 Å². The van der Waals surface area contributed by atoms with Crippen LogP contribution < -0.4 is 5.73 Å². The molecule has 0 fully saturated rings. The van der Waals surface area contributed by atoms with Crippen molar-refractivity contribution in [3.63, 3.8) is 0 Å². The lowest BCUT2D eigenvalue weighted by Gasteiger charge is -2.05. The molecular formula is C25H21N5O2S. The zero-order chi connectivity index (χ0) is 23.2. The van der Waals surface area contributed by atoms with Gasteiger partial charge in [-0.25, -0.2) is 18.4 Å². The van der Waals surface area contributed by atoms with Crippen molar-refractivity contribution in [1.29, 1.82) is 0 Å². The largest absolute Gasteiger partial charge is 0.382 e. The number of sulfone groups is 1. The van der Waals surface area contributed by atoms with Gasteiger partial charge in [-0.15, -0.1) is 0 Å². The molecular weight excluding hydrogens is 434 g/mol. The van der Waals surface area contributed by atoms with Gasteiger partial charge in [0, 0.05) is 0 Å². The number of nitrogen functional groups attached to an aromatic ring is 1. The van der Waals surface area contributed by atoms with Gasteiger partial charge in [-0.3, -0.25) is 0 Å². The molecule has 0 saturated carbocycles. The number of nitrogens with zero attached hydrogens (tertiary/aromatic N) is 4. The highest BCUT2D eigenvalue weighted by Gasteiger charge is 2.30. The van der Waals surface area contributed by atoms with Gasteiger partial charge in [0.15, 0.2) is 5.65 Å². The Morgan fingerprint density at radius 3 is 2.06 bits per heavy atom. The Morgan fingerprint density at radius 1 is 0.848 bits per heavy atom. The number of rotatable bonds is 4. The Balaban J connectivity index is 1.78. The first-order valence-corrected chi connectivity index (χ1v) is 11.8. The summed E-state index contributed by atoms with van der Waals surface area (Å²) in [5.74, 6) is -0.0377. The van der Waals surface area contributed by atoms with Crippen molar-refractivity contribution >= 4 is 44.1 Å². The van der Waals surface area contributed by atoms with Gasteiger partial charge in [-0.1, -0.05) is 59.7 Å². The summed E-state index contributed by atoms with van der Waals surface area (Å²) in [5.41, 5.74) is 11.0. The van der Waals surface area contributed by atoms with Gasteiger partial charge in [-0.05, 0) is 43.7 Å². The standard InChI is InChI=1S/C25H21N5O2S/c1-16-7-11-18(12-8-16)15-27-30-24(26)23(33(31,32)19-13-9-17(2)10-14-19)22-25(30)29-21-6-4-3-5-20(21)28-22/h3-15H,26H2,1-2H3/b27-15-. The maximum Gasteiger partial charge on any atom is 0.212 e. The van der Waals surface area contributed by atoms with Crippen LogP contribution in [-0.2, 0) is 9.84 Å². The summed E-state index contributed by atoms with van der Waals surface area (Å²) in [6, 6.07) is 21.7. The lowest BCUT2D eigenvalue weighted by Crippen LogP contribution is -2.06. The van der Waals surface area contributed by atoms with Crippen LogP contribution in [0, 0.1) is 13.8 Å². The van der Waals surface area contributed by atoms with E-state index in [1.54, 1.807) is 36.5 Å². The molecule has 0 amide bonds. The van der Waals surface area contributed by atoms with Gasteiger partial charge < -0.3 is 5.73 Å². The van der Waals surface area contributed by atoms with E-state index in [-0.39, 0.29) is 26.8 Å². The number of aromatic nitrogens is 3. The number of benzene rings is 3. The van der Waals surface area contributed by atoms with E-state index in [1.165, 1.54) is 4.68 Å². The fourth-order valence-corrected chi connectivity index (χ4v) is 5.10. The van der Waals surface area contributed by atoms with E-state index in [9.17, 15) is 8.42 Å². The molecule has 164 valence electrons. The highest BCUT2D eigenvalue weighted by Crippen LogP contribution is 2.35. The summed E-state index contributed by atoms with van der Waals surface area (Å²) in [6.45, 7) is 3.90. The van der Waals surface area contributed by atoms with Gasteiger partial charge in [0.1, 0.15) is 16.2 Å². The second kappa shape index (κ2) is 7.83. The van der Waals surface area contributed by atoms with E-state index in [4.69, 9.17) is 5.73 Å². The first-order valence-electron chi connectivity index (χ1n) is 10.3. The van der Waals surface area contributed by atoms with Crippen LogP contribution in [-0.4, -0.2) is 29.3 Å². The second-order valence-corrected chi connectivity index (χ2v) is 9.77. The molecule has 2 N–H and O–H groups in total. The third-order valence-corrected chi connectivity index (χ3v) is 7.26. The number of hydrogen-bond acceptors (Lipinski definition) is 6. The normalized spacial score (nSPS) is 12.2. The predicted octanol–water partition coefficient (Wildman–Crippen LogP) is 4.50. The summed E-state index contributed by atoms with van der Waals surface area (Å²) in [4.78, 5) is 9.31. The summed E-state index contributed by atoms with van der Waals surface area (Å²) < 4.78 is 28.6. The molecule has 0 radical (unpaired) electrons. The van der Waals surface area contributed by atoms with Crippen molar-refractivity contribution in [3.05, 3.63) is 89.5 Å². The first-order chi connectivity index (χ1) is 15.8. The van der Waals surface area contributed by atoms with Crippen LogP contribution in [0.3, 0.4) is 0 Å². The number of anilines is 1. The Labute approximate surface area is 191 Å². The van der Waals surface area contributed by atoms with Crippen LogP contribution in [0.15, 0.2) is 87.7 Å². The Bertz CT molecular complexity index is 1640. The third-order valence-electron chi connectivity index (χ3n) is 5.43. The van der Waals surface area contributed by atoms with Crippen molar-refractivity contribution in [2.24, 2.45) is 5.10 Å². The van der Waals surface area contributed by atoms with E-state index in [1.807, 2.05) is 56.3 Å². The molecule has 0 aliphatic carbocycles. The molecule has 0 unspecified atom stereocenters. The van der Waals surface area contributed by atoms with Crippen LogP contribution in [0.25, 0.3) is 22.2 Å². The van der Waals surface area contributed by atoms with Gasteiger partial charge >= 0.3 is 0 Å². The van der Waals surface area contributed by atoms with E-state index >= 15 is 0 Å². The Kier molecular flexibility index (Phi) is 4.94. The fraction of sp³-hybridized carbons (Fsp3) is 0.0800. The molecule has 0 spiro atoms. The molecule has 0 aliphatic heterocycles. The molecule has 2 heterocycles. The van der Waals surface area contributed by atoms with Gasteiger partial charge in [-0.2, -0.15) is 9.78 Å². The van der Waals surface area contributed by atoms with Crippen molar-refractivity contribution < 1.29 is 8.42 Å². The number of para-hydroxylation sites is 2. The van der Waals surface area contributed by atoms with E-state index < -0.39 is 9.84 Å². The molecule has 0 atom stereocenters. The highest BCUT2D eigenvalue weighted by molar-refractivity contribution is 7.92. The van der Waals surface area contributed by atoms with Crippen LogP contribution in [0.4, 0.5) is 5.82 Å². The second-order valence-electron chi connectivity index (χ2n) is 7.88. The minimum absolute atomic E-state index is 0.0377. The molecule has 0 bridgehead atoms. The molecule has 2 aromatic heterocycles. The lowest BCUT2D eigenvalue weighted by atomic mass is 10.2. The fourth-order valence-electron chi connectivity index (χ4n) is 3.62. The van der Waals surface area contributed by atoms with Crippen LogP contribution in [0.2, 0.25) is 0 Å². The van der Waals surface area contributed by atoms with Gasteiger partial charge in [0.05, 0.1) is 22.1 Å². The van der Waals surface area contributed by atoms with Crippen LogP contribution in [0.5, 0.6) is 0 Å². The first kappa shape index (κ1) is 20.8. The summed E-state index contributed by atoms with van der Waals surface area (Å²) in [7, 11) is -3.97. The number of hydrogen-bond donors (Lipinski definition) is 1. The smallest absolute Gasteiger partial charge is 0.212 e. The summed E-state index contributed by atoms with van der Waals surface area (Å²) in [6.07, 6.45) is 1.62. The molecule has 7 nitrogen and oxygen atoms in total. The summed E-state index contributed by atoms with van der Waals surface area (Å²) in [5, 5.41) is 4.48.